The maximum Gasteiger partial charge on any atom is 0.286 e. The van der Waals surface area contributed by atoms with Crippen molar-refractivity contribution in [1.29, 1.82) is 0 Å². The molecule has 1 aromatic carbocycles. The molecular weight excluding hydrogens is 202 g/mol. The first-order chi connectivity index (χ1) is 6.69. The minimum Gasteiger partial charge on any atom is -0.497 e. The highest BCUT2D eigenvalue weighted by atomic mass is 32.2. The maximum atomic E-state index is 10.7. The lowest BCUT2D eigenvalue weighted by Gasteiger charge is -2.03. The smallest absolute Gasteiger partial charge is 0.286 e. The number of nitro benzene ring substituents is 1. The van der Waals surface area contributed by atoms with Crippen LogP contribution in [0.1, 0.15) is 6.92 Å². The normalized spacial score (nSPS) is 9.86. The third-order valence-electron chi connectivity index (χ3n) is 1.66. The summed E-state index contributed by atoms with van der Waals surface area (Å²) in [5.41, 5.74) is 0.108. The fourth-order valence-electron chi connectivity index (χ4n) is 1.04. The Kier molecular flexibility index (Phi) is 3.76. The van der Waals surface area contributed by atoms with E-state index in [9.17, 15) is 10.1 Å². The predicted molar refractivity (Wildman–Crippen MR) is 56.0 cm³/mol. The first-order valence-electron chi connectivity index (χ1n) is 4.14. The van der Waals surface area contributed by atoms with Crippen molar-refractivity contribution >= 4 is 17.4 Å². The lowest BCUT2D eigenvalue weighted by Crippen LogP contribution is -1.92. The fourth-order valence-corrected chi connectivity index (χ4v) is 1.80. The molecular formula is C9H11NO3S. The molecule has 4 nitrogen and oxygen atoms in total. The van der Waals surface area contributed by atoms with Crippen LogP contribution in [0.5, 0.6) is 5.75 Å². The zero-order chi connectivity index (χ0) is 10.6. The molecule has 5 heteroatoms. The first-order valence-corrected chi connectivity index (χ1v) is 5.12. The van der Waals surface area contributed by atoms with E-state index in [-0.39, 0.29) is 10.6 Å². The van der Waals surface area contributed by atoms with Crippen molar-refractivity contribution in [3.05, 3.63) is 28.3 Å². The molecule has 0 N–H and O–H groups in total. The van der Waals surface area contributed by atoms with Crippen LogP contribution in [-0.2, 0) is 0 Å². The number of benzene rings is 1. The number of thioether (sulfide) groups is 1. The highest BCUT2D eigenvalue weighted by Gasteiger charge is 2.14. The third-order valence-corrected chi connectivity index (χ3v) is 2.61. The zero-order valence-electron chi connectivity index (χ0n) is 8.02. The molecule has 0 fully saturated rings. The molecule has 0 radical (unpaired) electrons. The van der Waals surface area contributed by atoms with Gasteiger partial charge in [0.25, 0.3) is 5.69 Å². The van der Waals surface area contributed by atoms with E-state index in [0.717, 1.165) is 5.75 Å². The van der Waals surface area contributed by atoms with Crippen molar-refractivity contribution < 1.29 is 9.66 Å². The number of methoxy groups -OCH3 is 1. The van der Waals surface area contributed by atoms with Gasteiger partial charge in [0.2, 0.25) is 0 Å². The molecule has 0 unspecified atom stereocenters. The van der Waals surface area contributed by atoms with E-state index in [4.69, 9.17) is 4.74 Å². The number of nitro groups is 1. The van der Waals surface area contributed by atoms with Crippen LogP contribution in [0, 0.1) is 10.1 Å². The van der Waals surface area contributed by atoms with Gasteiger partial charge in [-0.25, -0.2) is 0 Å². The monoisotopic (exact) mass is 213 g/mol. The van der Waals surface area contributed by atoms with E-state index in [2.05, 4.69) is 0 Å². The fraction of sp³-hybridized carbons (Fsp3) is 0.333. The van der Waals surface area contributed by atoms with Gasteiger partial charge >= 0.3 is 0 Å². The Morgan fingerprint density at radius 3 is 2.79 bits per heavy atom. The van der Waals surface area contributed by atoms with Crippen molar-refractivity contribution in [2.45, 2.75) is 11.8 Å². The lowest BCUT2D eigenvalue weighted by atomic mass is 10.3. The SMILES string of the molecule is CCSc1ccc(OC)cc1[N+](=O)[O-]. The number of hydrogen-bond acceptors (Lipinski definition) is 4. The second-order valence-electron chi connectivity index (χ2n) is 2.52. The van der Waals surface area contributed by atoms with Gasteiger partial charge in [-0.05, 0) is 17.9 Å². The van der Waals surface area contributed by atoms with Gasteiger partial charge in [-0.3, -0.25) is 10.1 Å². The molecule has 76 valence electrons. The predicted octanol–water partition coefficient (Wildman–Crippen LogP) is 2.72. The van der Waals surface area contributed by atoms with Gasteiger partial charge in [0.15, 0.2) is 0 Å². The molecule has 1 aromatic rings. The number of nitrogens with zero attached hydrogens (tertiary/aromatic N) is 1. The molecule has 1 rings (SSSR count). The first kappa shape index (κ1) is 10.8. The van der Waals surface area contributed by atoms with Crippen LogP contribution in [0.3, 0.4) is 0 Å². The molecule has 0 spiro atoms. The highest BCUT2D eigenvalue weighted by Crippen LogP contribution is 2.32. The summed E-state index contributed by atoms with van der Waals surface area (Å²) in [5.74, 6) is 1.32. The van der Waals surface area contributed by atoms with Gasteiger partial charge in [0.1, 0.15) is 5.75 Å². The Hall–Kier alpha value is -1.23. The Morgan fingerprint density at radius 1 is 1.57 bits per heavy atom. The lowest BCUT2D eigenvalue weighted by molar-refractivity contribution is -0.387. The van der Waals surface area contributed by atoms with Gasteiger partial charge in [-0.2, -0.15) is 0 Å². The quantitative estimate of drug-likeness (QED) is 0.438. The van der Waals surface area contributed by atoms with E-state index >= 15 is 0 Å². The molecule has 14 heavy (non-hydrogen) atoms. The topological polar surface area (TPSA) is 52.4 Å². The summed E-state index contributed by atoms with van der Waals surface area (Å²) < 4.78 is 4.92. The summed E-state index contributed by atoms with van der Waals surface area (Å²) in [6.45, 7) is 1.96. The van der Waals surface area contributed by atoms with Crippen LogP contribution in [0.15, 0.2) is 23.1 Å². The minimum absolute atomic E-state index is 0.108. The maximum absolute atomic E-state index is 10.7. The number of hydrogen-bond donors (Lipinski definition) is 0. The van der Waals surface area contributed by atoms with Gasteiger partial charge in [0, 0.05) is 0 Å². The van der Waals surface area contributed by atoms with Crippen LogP contribution in [-0.4, -0.2) is 17.8 Å². The van der Waals surface area contributed by atoms with Crippen molar-refractivity contribution in [2.75, 3.05) is 12.9 Å². The molecule has 0 bridgehead atoms. The summed E-state index contributed by atoms with van der Waals surface area (Å²) in [6.07, 6.45) is 0. The van der Waals surface area contributed by atoms with Gasteiger partial charge in [-0.1, -0.05) is 6.92 Å². The van der Waals surface area contributed by atoms with E-state index < -0.39 is 0 Å². The van der Waals surface area contributed by atoms with Crippen LogP contribution in [0.2, 0.25) is 0 Å². The summed E-state index contributed by atoms with van der Waals surface area (Å²) in [5, 5.41) is 10.7. The second-order valence-corrected chi connectivity index (χ2v) is 3.83. The summed E-state index contributed by atoms with van der Waals surface area (Å²) in [4.78, 5) is 11.0. The van der Waals surface area contributed by atoms with Crippen molar-refractivity contribution in [3.8, 4) is 5.75 Å². The minimum atomic E-state index is -0.388. The molecule has 0 atom stereocenters. The van der Waals surface area contributed by atoms with Crippen molar-refractivity contribution in [1.82, 2.24) is 0 Å². The standard InChI is InChI=1S/C9H11NO3S/c1-3-14-9-5-4-7(13-2)6-8(9)10(11)12/h4-6H,3H2,1-2H3. The van der Waals surface area contributed by atoms with Crippen molar-refractivity contribution in [3.63, 3.8) is 0 Å². The third kappa shape index (κ3) is 2.38. The van der Waals surface area contributed by atoms with Crippen LogP contribution in [0.25, 0.3) is 0 Å². The molecule has 0 heterocycles. The zero-order valence-corrected chi connectivity index (χ0v) is 8.84. The molecule has 0 aliphatic rings. The van der Waals surface area contributed by atoms with Crippen molar-refractivity contribution in [2.24, 2.45) is 0 Å². The van der Waals surface area contributed by atoms with Gasteiger partial charge in [-0.15, -0.1) is 11.8 Å². The Labute approximate surface area is 86.4 Å². The molecule has 0 aromatic heterocycles. The average molecular weight is 213 g/mol. The van der Waals surface area contributed by atoms with Crippen LogP contribution >= 0.6 is 11.8 Å². The Morgan fingerprint density at radius 2 is 2.29 bits per heavy atom. The van der Waals surface area contributed by atoms with E-state index in [0.29, 0.717) is 10.6 Å². The molecule has 0 saturated carbocycles. The molecule has 0 aliphatic carbocycles. The largest absolute Gasteiger partial charge is 0.497 e. The van der Waals surface area contributed by atoms with E-state index in [1.54, 1.807) is 12.1 Å². The molecule has 0 saturated heterocycles. The van der Waals surface area contributed by atoms with Crippen LogP contribution < -0.4 is 4.74 Å². The van der Waals surface area contributed by atoms with E-state index in [1.165, 1.54) is 24.9 Å². The average Bonchev–Trinajstić information content (AvgIpc) is 2.18. The number of ether oxygens (including phenoxy) is 1. The highest BCUT2D eigenvalue weighted by molar-refractivity contribution is 7.99. The second kappa shape index (κ2) is 4.85. The molecule has 0 amide bonds. The molecule has 0 aliphatic heterocycles. The summed E-state index contributed by atoms with van der Waals surface area (Å²) >= 11 is 1.45. The van der Waals surface area contributed by atoms with Gasteiger partial charge < -0.3 is 4.74 Å². The van der Waals surface area contributed by atoms with Gasteiger partial charge in [0.05, 0.1) is 23.0 Å². The Balaban J connectivity index is 3.10. The summed E-state index contributed by atoms with van der Waals surface area (Å²) in [6, 6.07) is 4.88. The van der Waals surface area contributed by atoms with Crippen LogP contribution in [0.4, 0.5) is 5.69 Å². The summed E-state index contributed by atoms with van der Waals surface area (Å²) in [7, 11) is 1.49. The number of rotatable bonds is 4. The van der Waals surface area contributed by atoms with E-state index in [1.807, 2.05) is 6.92 Å². The Bertz CT molecular complexity index is 341.